The first-order valence-electron chi connectivity index (χ1n) is 7.56. The van der Waals surface area contributed by atoms with Gasteiger partial charge in [-0.25, -0.2) is 4.39 Å². The Hall–Kier alpha value is -0.640. The molecule has 0 saturated carbocycles. The molecule has 0 unspecified atom stereocenters. The lowest BCUT2D eigenvalue weighted by atomic mass is 9.97. The summed E-state index contributed by atoms with van der Waals surface area (Å²) in [6.45, 7) is 7.16. The second kappa shape index (κ2) is 7.96. The summed E-state index contributed by atoms with van der Waals surface area (Å²) in [6.07, 6.45) is 3.55. The largest absolute Gasteiger partial charge is 0.317 e. The maximum absolute atomic E-state index is 13.9. The van der Waals surface area contributed by atoms with E-state index in [4.69, 9.17) is 11.6 Å². The molecule has 0 atom stereocenters. The smallest absolute Gasteiger partial charge is 0.129 e. The molecule has 1 aliphatic heterocycles. The second-order valence-corrected chi connectivity index (χ2v) is 6.10. The molecule has 1 aromatic rings. The quantitative estimate of drug-likeness (QED) is 0.861. The first kappa shape index (κ1) is 15.7. The van der Waals surface area contributed by atoms with Crippen LogP contribution in [0.4, 0.5) is 4.39 Å². The number of nitrogens with zero attached hydrogens (tertiary/aromatic N) is 1. The van der Waals surface area contributed by atoms with Crippen molar-refractivity contribution in [3.8, 4) is 0 Å². The predicted octanol–water partition coefficient (Wildman–Crippen LogP) is 3.69. The Morgan fingerprint density at radius 2 is 2.10 bits per heavy atom. The third-order valence-electron chi connectivity index (χ3n) is 3.92. The van der Waals surface area contributed by atoms with Crippen molar-refractivity contribution in [1.29, 1.82) is 0 Å². The third kappa shape index (κ3) is 4.72. The lowest BCUT2D eigenvalue weighted by molar-refractivity contribution is 0.197. The van der Waals surface area contributed by atoms with Crippen LogP contribution in [0.15, 0.2) is 18.2 Å². The molecular formula is C16H24ClFN2. The van der Waals surface area contributed by atoms with E-state index in [0.717, 1.165) is 44.1 Å². The molecule has 1 aliphatic rings. The topological polar surface area (TPSA) is 15.3 Å². The molecule has 0 radical (unpaired) electrons. The monoisotopic (exact) mass is 298 g/mol. The normalized spacial score (nSPS) is 16.8. The molecule has 0 amide bonds. The number of halogens is 2. The third-order valence-corrected chi connectivity index (χ3v) is 4.16. The van der Waals surface area contributed by atoms with E-state index in [-0.39, 0.29) is 5.82 Å². The zero-order valence-corrected chi connectivity index (χ0v) is 12.9. The van der Waals surface area contributed by atoms with Crippen molar-refractivity contribution in [2.45, 2.75) is 32.7 Å². The highest BCUT2D eigenvalue weighted by Gasteiger charge is 2.17. The summed E-state index contributed by atoms with van der Waals surface area (Å²) in [7, 11) is 0. The Labute approximate surface area is 126 Å². The molecule has 112 valence electrons. The lowest BCUT2D eigenvalue weighted by Gasteiger charge is -2.30. The van der Waals surface area contributed by atoms with Gasteiger partial charge in [0.15, 0.2) is 0 Å². The second-order valence-electron chi connectivity index (χ2n) is 5.66. The van der Waals surface area contributed by atoms with Gasteiger partial charge in [-0.2, -0.15) is 0 Å². The number of piperidine rings is 1. The minimum absolute atomic E-state index is 0.191. The maximum Gasteiger partial charge on any atom is 0.129 e. The van der Waals surface area contributed by atoms with Crippen molar-refractivity contribution in [2.24, 2.45) is 5.92 Å². The van der Waals surface area contributed by atoms with Gasteiger partial charge in [0.25, 0.3) is 0 Å². The highest BCUT2D eigenvalue weighted by atomic mass is 35.5. The van der Waals surface area contributed by atoms with E-state index in [1.54, 1.807) is 6.07 Å². The molecular weight excluding hydrogens is 275 g/mol. The Morgan fingerprint density at radius 3 is 2.75 bits per heavy atom. The van der Waals surface area contributed by atoms with Crippen molar-refractivity contribution in [3.63, 3.8) is 0 Å². The maximum atomic E-state index is 13.9. The van der Waals surface area contributed by atoms with Crippen molar-refractivity contribution in [1.82, 2.24) is 10.2 Å². The molecule has 1 fully saturated rings. The number of benzene rings is 1. The van der Waals surface area contributed by atoms with Crippen LogP contribution in [-0.4, -0.2) is 31.1 Å². The van der Waals surface area contributed by atoms with E-state index in [0.29, 0.717) is 11.6 Å². The van der Waals surface area contributed by atoms with Gasteiger partial charge in [0.05, 0.1) is 0 Å². The van der Waals surface area contributed by atoms with Crippen LogP contribution < -0.4 is 5.32 Å². The van der Waals surface area contributed by atoms with Crippen LogP contribution in [0.2, 0.25) is 5.02 Å². The summed E-state index contributed by atoms with van der Waals surface area (Å²) >= 11 is 5.81. The summed E-state index contributed by atoms with van der Waals surface area (Å²) in [5.41, 5.74) is 0.747. The molecule has 1 saturated heterocycles. The van der Waals surface area contributed by atoms with Gasteiger partial charge in [-0.1, -0.05) is 24.6 Å². The van der Waals surface area contributed by atoms with Gasteiger partial charge in [0.2, 0.25) is 0 Å². The average molecular weight is 299 g/mol. The van der Waals surface area contributed by atoms with E-state index in [1.807, 2.05) is 6.07 Å². The molecule has 1 N–H and O–H groups in total. The fraction of sp³-hybridized carbons (Fsp3) is 0.625. The van der Waals surface area contributed by atoms with E-state index in [1.165, 1.54) is 18.9 Å². The summed E-state index contributed by atoms with van der Waals surface area (Å²) in [5, 5.41) is 3.86. The first-order valence-corrected chi connectivity index (χ1v) is 7.94. The first-order chi connectivity index (χ1) is 9.69. The summed E-state index contributed by atoms with van der Waals surface area (Å²) in [6, 6.07) is 4.99. The molecule has 0 bridgehead atoms. The Morgan fingerprint density at radius 1 is 1.35 bits per heavy atom. The number of hydrogen-bond acceptors (Lipinski definition) is 2. The lowest BCUT2D eigenvalue weighted by Crippen LogP contribution is -2.36. The fourth-order valence-electron chi connectivity index (χ4n) is 2.87. The van der Waals surface area contributed by atoms with Crippen LogP contribution in [0.1, 0.15) is 31.7 Å². The van der Waals surface area contributed by atoms with Crippen molar-refractivity contribution < 1.29 is 4.39 Å². The van der Waals surface area contributed by atoms with Gasteiger partial charge < -0.3 is 5.32 Å². The predicted molar refractivity (Wildman–Crippen MR) is 82.6 cm³/mol. The van der Waals surface area contributed by atoms with Crippen LogP contribution in [0.3, 0.4) is 0 Å². The van der Waals surface area contributed by atoms with Gasteiger partial charge in [0, 0.05) is 23.7 Å². The molecule has 0 aliphatic carbocycles. The standard InChI is InChI=1S/C16H24ClFN2/c1-2-9-20(11-13-5-7-19-8-6-13)12-14-3-4-15(17)10-16(14)18/h3-4,10,13,19H,2,5-9,11-12H2,1H3. The number of nitrogens with one attached hydrogen (secondary N) is 1. The van der Waals surface area contributed by atoms with Crippen molar-refractivity contribution in [2.75, 3.05) is 26.2 Å². The Bertz CT molecular complexity index is 419. The van der Waals surface area contributed by atoms with Gasteiger partial charge in [-0.05, 0) is 56.9 Å². The number of hydrogen-bond donors (Lipinski definition) is 1. The molecule has 4 heteroatoms. The SMILES string of the molecule is CCCN(Cc1ccc(Cl)cc1F)CC1CCNCC1. The minimum Gasteiger partial charge on any atom is -0.317 e. The molecule has 20 heavy (non-hydrogen) atoms. The van der Waals surface area contributed by atoms with Crippen molar-refractivity contribution >= 4 is 11.6 Å². The molecule has 2 rings (SSSR count). The van der Waals surface area contributed by atoms with E-state index in [2.05, 4.69) is 17.1 Å². The van der Waals surface area contributed by atoms with Crippen LogP contribution in [0.25, 0.3) is 0 Å². The number of rotatable bonds is 6. The summed E-state index contributed by atoms with van der Waals surface area (Å²) < 4.78 is 13.9. The molecule has 1 heterocycles. The Kier molecular flexibility index (Phi) is 6.27. The zero-order valence-electron chi connectivity index (χ0n) is 12.2. The minimum atomic E-state index is -0.191. The fourth-order valence-corrected chi connectivity index (χ4v) is 3.03. The molecule has 0 aromatic heterocycles. The van der Waals surface area contributed by atoms with Crippen LogP contribution in [-0.2, 0) is 6.54 Å². The Balaban J connectivity index is 1.96. The molecule has 1 aromatic carbocycles. The van der Waals surface area contributed by atoms with Crippen LogP contribution in [0.5, 0.6) is 0 Å². The van der Waals surface area contributed by atoms with Crippen LogP contribution >= 0.6 is 11.6 Å². The molecule has 2 nitrogen and oxygen atoms in total. The van der Waals surface area contributed by atoms with Gasteiger partial charge in [-0.15, -0.1) is 0 Å². The van der Waals surface area contributed by atoms with E-state index < -0.39 is 0 Å². The summed E-state index contributed by atoms with van der Waals surface area (Å²) in [5.74, 6) is 0.544. The summed E-state index contributed by atoms with van der Waals surface area (Å²) in [4.78, 5) is 2.38. The molecule has 0 spiro atoms. The zero-order chi connectivity index (χ0) is 14.4. The average Bonchev–Trinajstić information content (AvgIpc) is 2.43. The van der Waals surface area contributed by atoms with Crippen molar-refractivity contribution in [3.05, 3.63) is 34.6 Å². The van der Waals surface area contributed by atoms with Crippen LogP contribution in [0, 0.1) is 11.7 Å². The van der Waals surface area contributed by atoms with Gasteiger partial charge in [0.1, 0.15) is 5.82 Å². The highest BCUT2D eigenvalue weighted by Crippen LogP contribution is 2.19. The van der Waals surface area contributed by atoms with E-state index >= 15 is 0 Å². The van der Waals surface area contributed by atoms with E-state index in [9.17, 15) is 4.39 Å². The van der Waals surface area contributed by atoms with Gasteiger partial charge >= 0.3 is 0 Å². The van der Waals surface area contributed by atoms with Gasteiger partial charge in [-0.3, -0.25) is 4.90 Å². The highest BCUT2D eigenvalue weighted by molar-refractivity contribution is 6.30.